The van der Waals surface area contributed by atoms with E-state index in [1.54, 1.807) is 6.08 Å². The lowest BCUT2D eigenvalue weighted by molar-refractivity contribution is -0.143. The van der Waals surface area contributed by atoms with E-state index in [1.807, 2.05) is 6.08 Å². The van der Waals surface area contributed by atoms with Crippen molar-refractivity contribution in [3.63, 3.8) is 0 Å². The van der Waals surface area contributed by atoms with Gasteiger partial charge in [-0.15, -0.1) is 0 Å². The van der Waals surface area contributed by atoms with Crippen LogP contribution in [0.2, 0.25) is 0 Å². The first-order valence-corrected chi connectivity index (χ1v) is 36.4. The van der Waals surface area contributed by atoms with E-state index in [1.165, 1.54) is 315 Å². The maximum absolute atomic E-state index is 12.4. The number of unbranched alkanes of at least 4 members (excludes halogenated alkanes) is 51. The lowest BCUT2D eigenvalue weighted by Gasteiger charge is -2.20. The standard InChI is InChI=1S/C75H141NO5/c1-3-5-7-9-11-13-15-16-45-49-53-57-61-65-69-75(80)81-70-66-62-58-54-50-46-43-41-39-37-35-33-31-29-27-25-23-21-19-17-18-20-22-24-26-28-30-32-34-36-38-40-42-44-48-52-56-60-64-68-74(79)76-72(71-77)73(78)67-63-59-55-51-47-14-12-10-8-6-4-2/h15-18,21,23,63,67,72-73,77-78H,3-14,19-20,22,24-62,64-66,68-71H2,1-2H3,(H,76,79)/b16-15-,18-17-,23-21-,67-63+. The van der Waals surface area contributed by atoms with Gasteiger partial charge in [-0.3, -0.25) is 9.59 Å². The molecule has 0 aliphatic heterocycles. The van der Waals surface area contributed by atoms with Crippen LogP contribution in [-0.4, -0.2) is 47.4 Å². The summed E-state index contributed by atoms with van der Waals surface area (Å²) in [4.78, 5) is 24.5. The number of aliphatic hydroxyl groups excluding tert-OH is 2. The summed E-state index contributed by atoms with van der Waals surface area (Å²) in [7, 11) is 0. The predicted octanol–water partition coefficient (Wildman–Crippen LogP) is 23.6. The summed E-state index contributed by atoms with van der Waals surface area (Å²) in [5.74, 6) is -0.0534. The van der Waals surface area contributed by atoms with Crippen molar-refractivity contribution in [2.45, 2.75) is 405 Å². The summed E-state index contributed by atoms with van der Waals surface area (Å²) < 4.78 is 5.49. The minimum absolute atomic E-state index is 0.0116. The van der Waals surface area contributed by atoms with Crippen LogP contribution in [0.1, 0.15) is 393 Å². The van der Waals surface area contributed by atoms with E-state index >= 15 is 0 Å². The molecule has 3 N–H and O–H groups in total. The molecule has 2 atom stereocenters. The van der Waals surface area contributed by atoms with Crippen molar-refractivity contribution in [1.29, 1.82) is 0 Å². The monoisotopic (exact) mass is 1140 g/mol. The van der Waals surface area contributed by atoms with E-state index < -0.39 is 12.1 Å². The molecule has 0 radical (unpaired) electrons. The SMILES string of the molecule is CCCCCCC/C=C\CCCCCCCC(=O)OCCCCCCCCCCCCCCCCC/C=C\C/C=C\CCCCCCCCCCCCCCCCCCCC(=O)NC(CO)C(O)/C=C/CCCCCCCCCCC. The number of esters is 1. The number of amides is 1. The second kappa shape index (κ2) is 70.3. The highest BCUT2D eigenvalue weighted by molar-refractivity contribution is 5.76. The quantitative estimate of drug-likeness (QED) is 0.0320. The Morgan fingerprint density at radius 3 is 0.951 bits per heavy atom. The number of allylic oxidation sites excluding steroid dienone is 7. The topological polar surface area (TPSA) is 95.9 Å². The van der Waals surface area contributed by atoms with E-state index in [0.29, 0.717) is 19.4 Å². The third-order valence-corrected chi connectivity index (χ3v) is 16.8. The van der Waals surface area contributed by atoms with Gasteiger partial charge in [0.2, 0.25) is 5.91 Å². The lowest BCUT2D eigenvalue weighted by Crippen LogP contribution is -2.45. The van der Waals surface area contributed by atoms with Crippen LogP contribution in [0, 0.1) is 0 Å². The Bertz CT molecular complexity index is 1360. The van der Waals surface area contributed by atoms with Crippen LogP contribution in [-0.2, 0) is 14.3 Å². The number of carbonyl (C=O) groups is 2. The van der Waals surface area contributed by atoms with Crippen LogP contribution >= 0.6 is 0 Å². The highest BCUT2D eigenvalue weighted by Crippen LogP contribution is 2.18. The zero-order chi connectivity index (χ0) is 58.5. The van der Waals surface area contributed by atoms with Gasteiger partial charge in [0, 0.05) is 12.8 Å². The Balaban J connectivity index is 3.35. The van der Waals surface area contributed by atoms with Gasteiger partial charge in [0.1, 0.15) is 0 Å². The van der Waals surface area contributed by atoms with Gasteiger partial charge in [-0.25, -0.2) is 0 Å². The largest absolute Gasteiger partial charge is 0.466 e. The summed E-state index contributed by atoms with van der Waals surface area (Å²) in [5.41, 5.74) is 0. The third-order valence-electron chi connectivity index (χ3n) is 16.8. The van der Waals surface area contributed by atoms with Crippen molar-refractivity contribution < 1.29 is 24.5 Å². The summed E-state index contributed by atoms with van der Waals surface area (Å²) >= 11 is 0. The molecule has 0 bridgehead atoms. The second-order valence-corrected chi connectivity index (χ2v) is 24.9. The lowest BCUT2D eigenvalue weighted by atomic mass is 10.0. The number of rotatable bonds is 68. The normalized spacial score (nSPS) is 12.8. The second-order valence-electron chi connectivity index (χ2n) is 24.9. The van der Waals surface area contributed by atoms with Crippen molar-refractivity contribution in [2.75, 3.05) is 13.2 Å². The fourth-order valence-electron chi connectivity index (χ4n) is 11.3. The minimum Gasteiger partial charge on any atom is -0.466 e. The van der Waals surface area contributed by atoms with Crippen LogP contribution in [0.4, 0.5) is 0 Å². The average molecular weight is 1140 g/mol. The van der Waals surface area contributed by atoms with E-state index in [2.05, 4.69) is 55.6 Å². The molecule has 0 aromatic rings. The van der Waals surface area contributed by atoms with Crippen LogP contribution < -0.4 is 5.32 Å². The third kappa shape index (κ3) is 66.8. The Morgan fingerprint density at radius 1 is 0.346 bits per heavy atom. The van der Waals surface area contributed by atoms with E-state index in [0.717, 1.165) is 51.4 Å². The molecule has 6 nitrogen and oxygen atoms in total. The summed E-state index contributed by atoms with van der Waals surface area (Å²) in [5, 5.41) is 23.1. The smallest absolute Gasteiger partial charge is 0.305 e. The van der Waals surface area contributed by atoms with Crippen LogP contribution in [0.15, 0.2) is 48.6 Å². The molecule has 0 aliphatic rings. The van der Waals surface area contributed by atoms with Crippen molar-refractivity contribution >= 4 is 11.9 Å². The fraction of sp³-hybridized carbons (Fsp3) is 0.867. The molecule has 0 aliphatic carbocycles. The number of aliphatic hydroxyl groups is 2. The molecule has 1 amide bonds. The Labute approximate surface area is 506 Å². The maximum atomic E-state index is 12.4. The van der Waals surface area contributed by atoms with E-state index in [-0.39, 0.29) is 18.5 Å². The van der Waals surface area contributed by atoms with Gasteiger partial charge in [0.05, 0.1) is 25.4 Å². The minimum atomic E-state index is -0.841. The number of hydrogen-bond donors (Lipinski definition) is 3. The highest BCUT2D eigenvalue weighted by Gasteiger charge is 2.18. The molecule has 0 aromatic heterocycles. The fourth-order valence-corrected chi connectivity index (χ4v) is 11.3. The Hall–Kier alpha value is -2.18. The maximum Gasteiger partial charge on any atom is 0.305 e. The molecule has 0 saturated heterocycles. The van der Waals surface area contributed by atoms with Crippen LogP contribution in [0.25, 0.3) is 0 Å². The molecule has 0 saturated carbocycles. The zero-order valence-electron chi connectivity index (χ0n) is 54.5. The summed E-state index contributed by atoms with van der Waals surface area (Å²) in [6.45, 7) is 4.90. The van der Waals surface area contributed by atoms with E-state index in [4.69, 9.17) is 4.74 Å². The Morgan fingerprint density at radius 2 is 0.617 bits per heavy atom. The van der Waals surface area contributed by atoms with Crippen molar-refractivity contribution in [3.8, 4) is 0 Å². The molecular weight excluding hydrogens is 995 g/mol. The molecule has 2 unspecified atom stereocenters. The van der Waals surface area contributed by atoms with Crippen molar-refractivity contribution in [3.05, 3.63) is 48.6 Å². The van der Waals surface area contributed by atoms with Gasteiger partial charge in [-0.2, -0.15) is 0 Å². The van der Waals surface area contributed by atoms with Gasteiger partial charge >= 0.3 is 5.97 Å². The van der Waals surface area contributed by atoms with E-state index in [9.17, 15) is 19.8 Å². The predicted molar refractivity (Wildman–Crippen MR) is 356 cm³/mol. The van der Waals surface area contributed by atoms with Gasteiger partial charge in [-0.1, -0.05) is 339 Å². The molecule has 0 spiro atoms. The molecule has 0 aromatic carbocycles. The molecule has 0 rings (SSSR count). The van der Waals surface area contributed by atoms with Gasteiger partial charge in [0.25, 0.3) is 0 Å². The first-order valence-electron chi connectivity index (χ1n) is 36.4. The number of carbonyl (C=O) groups excluding carboxylic acids is 2. The summed E-state index contributed by atoms with van der Waals surface area (Å²) in [6, 6.07) is -0.624. The van der Waals surface area contributed by atoms with Gasteiger partial charge < -0.3 is 20.3 Å². The molecule has 476 valence electrons. The molecule has 81 heavy (non-hydrogen) atoms. The summed E-state index contributed by atoms with van der Waals surface area (Å²) in [6.07, 6.45) is 92.2. The Kier molecular flexibility index (Phi) is 68.4. The first kappa shape index (κ1) is 78.8. The average Bonchev–Trinajstić information content (AvgIpc) is 3.47. The molecule has 0 fully saturated rings. The first-order chi connectivity index (χ1) is 40.0. The molecular formula is C75H141NO5. The number of nitrogens with one attached hydrogen (secondary N) is 1. The zero-order valence-corrected chi connectivity index (χ0v) is 54.5. The number of ether oxygens (including phenoxy) is 1. The van der Waals surface area contributed by atoms with Crippen LogP contribution in [0.3, 0.4) is 0 Å². The van der Waals surface area contributed by atoms with Crippen molar-refractivity contribution in [2.24, 2.45) is 0 Å². The highest BCUT2D eigenvalue weighted by atomic mass is 16.5. The number of hydrogen-bond acceptors (Lipinski definition) is 5. The molecule has 6 heteroatoms. The van der Waals surface area contributed by atoms with Crippen LogP contribution in [0.5, 0.6) is 0 Å². The van der Waals surface area contributed by atoms with Crippen molar-refractivity contribution in [1.82, 2.24) is 5.32 Å². The van der Waals surface area contributed by atoms with Gasteiger partial charge in [0.15, 0.2) is 0 Å². The molecule has 0 heterocycles. The van der Waals surface area contributed by atoms with Gasteiger partial charge in [-0.05, 0) is 89.9 Å².